The molecule has 0 radical (unpaired) electrons. The van der Waals surface area contributed by atoms with Crippen LogP contribution in [-0.4, -0.2) is 42.1 Å². The van der Waals surface area contributed by atoms with Crippen molar-refractivity contribution in [3.8, 4) is 17.1 Å². The van der Waals surface area contributed by atoms with Gasteiger partial charge in [0.05, 0.1) is 41.8 Å². The Morgan fingerprint density at radius 2 is 2.22 bits per heavy atom. The number of ether oxygens (including phenoxy) is 1. The molecule has 4 rings (SSSR count). The van der Waals surface area contributed by atoms with Crippen LogP contribution < -0.4 is 10.1 Å². The van der Waals surface area contributed by atoms with Crippen LogP contribution in [0.15, 0.2) is 22.7 Å². The number of oxazole rings is 1. The number of hydrogen-bond donors (Lipinski definition) is 2. The maximum absolute atomic E-state index is 11.3. The lowest BCUT2D eigenvalue weighted by Gasteiger charge is -2.27. The number of rotatable bonds is 8. The molecule has 10 heteroatoms. The van der Waals surface area contributed by atoms with Gasteiger partial charge in [-0.3, -0.25) is 4.79 Å². The first-order valence-corrected chi connectivity index (χ1v) is 10.9. The predicted molar refractivity (Wildman–Crippen MR) is 116 cm³/mol. The first-order chi connectivity index (χ1) is 15.4. The molecule has 1 aliphatic rings. The van der Waals surface area contributed by atoms with E-state index in [-0.39, 0.29) is 12.0 Å². The first-order valence-electron chi connectivity index (χ1n) is 10.9. The van der Waals surface area contributed by atoms with E-state index >= 15 is 0 Å². The number of hydrogen-bond acceptors (Lipinski definition) is 8. The number of aryl methyl sites for hydroxylation is 3. The lowest BCUT2D eigenvalue weighted by atomic mass is 9.87. The molecule has 1 saturated carbocycles. The van der Waals surface area contributed by atoms with Crippen molar-refractivity contribution in [3.63, 3.8) is 0 Å². The number of carboxylic acids is 1. The molecule has 3 heterocycles. The van der Waals surface area contributed by atoms with Crippen LogP contribution in [0.3, 0.4) is 0 Å². The highest BCUT2D eigenvalue weighted by atomic mass is 16.5. The second-order valence-electron chi connectivity index (χ2n) is 8.07. The topological polar surface area (TPSA) is 128 Å². The van der Waals surface area contributed by atoms with Crippen molar-refractivity contribution in [1.29, 1.82) is 0 Å². The monoisotopic (exact) mass is 440 g/mol. The van der Waals surface area contributed by atoms with E-state index in [9.17, 15) is 9.90 Å². The Kier molecular flexibility index (Phi) is 6.38. The fraction of sp³-hybridized carbons (Fsp3) is 0.500. The molecule has 0 amide bonds. The van der Waals surface area contributed by atoms with Crippen molar-refractivity contribution in [2.75, 3.05) is 5.32 Å². The van der Waals surface area contributed by atoms with Crippen molar-refractivity contribution in [1.82, 2.24) is 25.0 Å². The molecule has 0 aromatic carbocycles. The Morgan fingerprint density at radius 3 is 2.94 bits per heavy atom. The van der Waals surface area contributed by atoms with Gasteiger partial charge in [0.2, 0.25) is 0 Å². The van der Waals surface area contributed by atoms with Crippen LogP contribution in [0.4, 0.5) is 6.01 Å². The van der Waals surface area contributed by atoms with Crippen LogP contribution in [0.2, 0.25) is 0 Å². The van der Waals surface area contributed by atoms with Gasteiger partial charge in [0.1, 0.15) is 17.2 Å². The van der Waals surface area contributed by atoms with Gasteiger partial charge in [-0.15, -0.1) is 5.10 Å². The van der Waals surface area contributed by atoms with Gasteiger partial charge in [-0.05, 0) is 44.7 Å². The summed E-state index contributed by atoms with van der Waals surface area (Å²) in [5, 5.41) is 20.9. The van der Waals surface area contributed by atoms with Gasteiger partial charge in [-0.25, -0.2) is 14.6 Å². The smallest absolute Gasteiger partial charge is 0.306 e. The zero-order chi connectivity index (χ0) is 22.7. The van der Waals surface area contributed by atoms with Crippen LogP contribution in [0, 0.1) is 12.8 Å². The Labute approximate surface area is 186 Å². The highest BCUT2D eigenvalue weighted by molar-refractivity contribution is 5.70. The Balaban J connectivity index is 1.47. The number of aromatic nitrogens is 5. The number of anilines is 1. The molecule has 3 aromatic rings. The van der Waals surface area contributed by atoms with E-state index in [1.165, 1.54) is 0 Å². The molecule has 32 heavy (non-hydrogen) atoms. The molecule has 3 aromatic heterocycles. The van der Waals surface area contributed by atoms with Gasteiger partial charge in [-0.2, -0.15) is 0 Å². The molecule has 0 bridgehead atoms. The number of aliphatic carboxylic acids is 1. The van der Waals surface area contributed by atoms with Gasteiger partial charge < -0.3 is 19.6 Å². The van der Waals surface area contributed by atoms with E-state index in [4.69, 9.17) is 9.15 Å². The molecule has 10 nitrogen and oxygen atoms in total. The largest absolute Gasteiger partial charge is 0.489 e. The Morgan fingerprint density at radius 1 is 1.38 bits per heavy atom. The summed E-state index contributed by atoms with van der Waals surface area (Å²) in [5.41, 5.74) is 2.93. The molecule has 2 N–H and O–H groups in total. The van der Waals surface area contributed by atoms with Gasteiger partial charge in [0.15, 0.2) is 0 Å². The van der Waals surface area contributed by atoms with Gasteiger partial charge in [0.25, 0.3) is 6.01 Å². The summed E-state index contributed by atoms with van der Waals surface area (Å²) in [7, 11) is 1.83. The van der Waals surface area contributed by atoms with Crippen LogP contribution in [0.25, 0.3) is 11.4 Å². The second kappa shape index (κ2) is 9.37. The minimum Gasteiger partial charge on any atom is -0.489 e. The van der Waals surface area contributed by atoms with E-state index in [0.29, 0.717) is 42.5 Å². The van der Waals surface area contributed by atoms with Crippen LogP contribution in [-0.2, 0) is 24.8 Å². The van der Waals surface area contributed by atoms with Crippen molar-refractivity contribution in [3.05, 3.63) is 35.5 Å². The minimum absolute atomic E-state index is 0.110. The molecule has 0 saturated heterocycles. The summed E-state index contributed by atoms with van der Waals surface area (Å²) in [6.07, 6.45) is 5.32. The second-order valence-corrected chi connectivity index (χ2v) is 8.07. The van der Waals surface area contributed by atoms with Crippen molar-refractivity contribution < 1.29 is 19.1 Å². The fourth-order valence-corrected chi connectivity index (χ4v) is 3.95. The van der Waals surface area contributed by atoms with Crippen LogP contribution in [0.5, 0.6) is 5.75 Å². The summed E-state index contributed by atoms with van der Waals surface area (Å²) in [5.74, 6) is 0.396. The summed E-state index contributed by atoms with van der Waals surface area (Å²) in [6.45, 7) is 4.32. The van der Waals surface area contributed by atoms with Crippen molar-refractivity contribution in [2.24, 2.45) is 13.0 Å². The molecule has 1 fully saturated rings. The van der Waals surface area contributed by atoms with Crippen LogP contribution in [0.1, 0.15) is 49.8 Å². The van der Waals surface area contributed by atoms with Gasteiger partial charge in [0, 0.05) is 13.5 Å². The SMILES string of the molecule is CCc1cnc(NCc2c(-c3ccc(O[C@H]4CCC[C@H](C(=O)O)C4)c(C)n3)nnn2C)o1. The number of nitrogens with zero attached hydrogens (tertiary/aromatic N) is 5. The Hall–Kier alpha value is -3.43. The lowest BCUT2D eigenvalue weighted by Crippen LogP contribution is -2.29. The average molecular weight is 441 g/mol. The minimum atomic E-state index is -0.747. The molecule has 0 spiro atoms. The summed E-state index contributed by atoms with van der Waals surface area (Å²) in [6, 6.07) is 4.18. The average Bonchev–Trinajstić information content (AvgIpc) is 3.40. The molecule has 2 atom stereocenters. The molecule has 170 valence electrons. The first kappa shape index (κ1) is 21.8. The van der Waals surface area contributed by atoms with E-state index in [2.05, 4.69) is 25.6 Å². The molecular formula is C22H28N6O4. The van der Waals surface area contributed by atoms with E-state index < -0.39 is 5.97 Å². The van der Waals surface area contributed by atoms with Crippen molar-refractivity contribution in [2.45, 2.75) is 58.6 Å². The highest BCUT2D eigenvalue weighted by Gasteiger charge is 2.28. The molecule has 0 aliphatic heterocycles. The molecule has 0 unspecified atom stereocenters. The maximum Gasteiger partial charge on any atom is 0.306 e. The number of nitrogens with one attached hydrogen (secondary N) is 1. The third kappa shape index (κ3) is 4.74. The zero-order valence-electron chi connectivity index (χ0n) is 18.5. The van der Waals surface area contributed by atoms with Crippen molar-refractivity contribution >= 4 is 12.0 Å². The summed E-state index contributed by atoms with van der Waals surface area (Å²) < 4.78 is 13.4. The highest BCUT2D eigenvalue weighted by Crippen LogP contribution is 2.30. The molecular weight excluding hydrogens is 412 g/mol. The maximum atomic E-state index is 11.3. The number of carboxylic acid groups (broad SMARTS) is 1. The van der Waals surface area contributed by atoms with E-state index in [1.807, 2.05) is 33.0 Å². The Bertz CT molecular complexity index is 1090. The third-order valence-corrected chi connectivity index (χ3v) is 5.80. The predicted octanol–water partition coefficient (Wildman–Crippen LogP) is 3.37. The normalized spacial score (nSPS) is 18.5. The summed E-state index contributed by atoms with van der Waals surface area (Å²) in [4.78, 5) is 20.2. The quantitative estimate of drug-likeness (QED) is 0.541. The zero-order valence-corrected chi connectivity index (χ0v) is 18.5. The van der Waals surface area contributed by atoms with Gasteiger partial charge in [-0.1, -0.05) is 12.1 Å². The number of carbonyl (C=O) groups is 1. The fourth-order valence-electron chi connectivity index (χ4n) is 3.95. The van der Waals surface area contributed by atoms with Gasteiger partial charge >= 0.3 is 5.97 Å². The standard InChI is InChI=1S/C22H28N6O4/c1-4-15-11-23-22(32-15)24-12-18-20(26-27-28(18)3)17-8-9-19(13(2)25-17)31-16-7-5-6-14(10-16)21(29)30/h8-9,11,14,16H,4-7,10,12H2,1-3H3,(H,23,24)(H,29,30)/t14-,16-/m0/s1. The lowest BCUT2D eigenvalue weighted by molar-refractivity contribution is -0.143. The summed E-state index contributed by atoms with van der Waals surface area (Å²) >= 11 is 0. The molecule has 1 aliphatic carbocycles. The van der Waals surface area contributed by atoms with E-state index in [1.54, 1.807) is 10.9 Å². The third-order valence-electron chi connectivity index (χ3n) is 5.80. The van der Waals surface area contributed by atoms with Crippen LogP contribution >= 0.6 is 0 Å². The number of pyridine rings is 1. The van der Waals surface area contributed by atoms with E-state index in [0.717, 1.165) is 36.4 Å².